The van der Waals surface area contributed by atoms with E-state index in [9.17, 15) is 4.39 Å². The molecule has 1 atom stereocenters. The van der Waals surface area contributed by atoms with Crippen LogP contribution in [0, 0.1) is 25.6 Å². The van der Waals surface area contributed by atoms with E-state index in [1.807, 2.05) is 84.2 Å². The van der Waals surface area contributed by atoms with Crippen molar-refractivity contribution in [1.82, 2.24) is 33.9 Å². The molecule has 8 heteroatoms. The summed E-state index contributed by atoms with van der Waals surface area (Å²) < 4.78 is 19.3. The fourth-order valence-electron chi connectivity index (χ4n) is 4.99. The van der Waals surface area contributed by atoms with Crippen LogP contribution in [-0.4, -0.2) is 33.9 Å². The van der Waals surface area contributed by atoms with Gasteiger partial charge in [-0.05, 0) is 73.9 Å². The van der Waals surface area contributed by atoms with Gasteiger partial charge in [-0.1, -0.05) is 32.0 Å². The molecule has 5 aromatic heterocycles. The fourth-order valence-corrected chi connectivity index (χ4v) is 4.99. The van der Waals surface area contributed by atoms with Crippen LogP contribution in [-0.2, 0) is 0 Å². The van der Waals surface area contributed by atoms with Gasteiger partial charge in [0.05, 0.1) is 23.6 Å². The lowest BCUT2D eigenvalue weighted by molar-refractivity contribution is 0.402. The predicted octanol–water partition coefficient (Wildman–Crippen LogP) is 6.45. The molecule has 190 valence electrons. The van der Waals surface area contributed by atoms with Gasteiger partial charge in [0.15, 0.2) is 5.65 Å². The zero-order valence-electron chi connectivity index (χ0n) is 21.7. The van der Waals surface area contributed by atoms with E-state index in [0.717, 1.165) is 45.1 Å². The zero-order valence-corrected chi connectivity index (χ0v) is 21.7. The molecule has 0 saturated carbocycles. The lowest BCUT2D eigenvalue weighted by Gasteiger charge is -2.22. The molecular weight excluding hydrogens is 477 g/mol. The van der Waals surface area contributed by atoms with E-state index >= 15 is 0 Å². The van der Waals surface area contributed by atoms with Crippen LogP contribution in [0.25, 0.3) is 34.1 Å². The molecule has 0 N–H and O–H groups in total. The third kappa shape index (κ3) is 4.28. The summed E-state index contributed by atoms with van der Waals surface area (Å²) in [5.41, 5.74) is 7.50. The second-order valence-electron chi connectivity index (χ2n) is 9.94. The second kappa shape index (κ2) is 9.37. The maximum absolute atomic E-state index is 13.5. The molecule has 0 aliphatic heterocycles. The van der Waals surface area contributed by atoms with Crippen molar-refractivity contribution in [2.24, 2.45) is 5.92 Å². The highest BCUT2D eigenvalue weighted by Crippen LogP contribution is 2.29. The topological polar surface area (TPSA) is 65.8 Å². The molecule has 0 spiro atoms. The van der Waals surface area contributed by atoms with Crippen molar-refractivity contribution >= 4 is 5.65 Å². The Hall–Kier alpha value is -4.59. The third-order valence-corrected chi connectivity index (χ3v) is 6.87. The lowest BCUT2D eigenvalue weighted by Crippen LogP contribution is -2.17. The first kappa shape index (κ1) is 23.8. The maximum Gasteiger partial charge on any atom is 0.254 e. The number of pyridine rings is 2. The SMILES string of the molecule is Cc1ccc(C)n1-c1nc2cc(-c3cccc(-c4cnn(C(c5ccc(F)cc5)C(C)C)c4)n3)ccn2n1. The van der Waals surface area contributed by atoms with Crippen LogP contribution < -0.4 is 0 Å². The van der Waals surface area contributed by atoms with E-state index in [0.29, 0.717) is 5.95 Å². The van der Waals surface area contributed by atoms with E-state index in [4.69, 9.17) is 9.97 Å². The van der Waals surface area contributed by atoms with Crippen LogP contribution in [0.4, 0.5) is 4.39 Å². The van der Waals surface area contributed by atoms with E-state index in [2.05, 4.69) is 36.2 Å². The summed E-state index contributed by atoms with van der Waals surface area (Å²) in [5.74, 6) is 0.678. The number of fused-ring (bicyclic) bond motifs is 1. The Kier molecular flexibility index (Phi) is 5.87. The van der Waals surface area contributed by atoms with Crippen molar-refractivity contribution < 1.29 is 4.39 Å². The van der Waals surface area contributed by atoms with Gasteiger partial charge in [-0.15, -0.1) is 5.10 Å². The van der Waals surface area contributed by atoms with Crippen LogP contribution in [0.2, 0.25) is 0 Å². The molecule has 7 nitrogen and oxygen atoms in total. The number of benzene rings is 1. The molecule has 0 amide bonds. The Morgan fingerprint density at radius 2 is 1.53 bits per heavy atom. The van der Waals surface area contributed by atoms with E-state index < -0.39 is 0 Å². The Morgan fingerprint density at radius 3 is 2.24 bits per heavy atom. The average molecular weight is 506 g/mol. The molecule has 5 heterocycles. The normalized spacial score (nSPS) is 12.5. The Balaban J connectivity index is 1.32. The van der Waals surface area contributed by atoms with Gasteiger partial charge >= 0.3 is 0 Å². The summed E-state index contributed by atoms with van der Waals surface area (Å²) in [6.45, 7) is 8.37. The molecule has 0 aliphatic rings. The Bertz CT molecular complexity index is 1720. The van der Waals surface area contributed by atoms with E-state index in [-0.39, 0.29) is 17.8 Å². The number of hydrogen-bond donors (Lipinski definition) is 0. The zero-order chi connectivity index (χ0) is 26.4. The summed E-state index contributed by atoms with van der Waals surface area (Å²) in [6, 6.07) is 20.7. The van der Waals surface area contributed by atoms with Crippen molar-refractivity contribution in [3.63, 3.8) is 0 Å². The van der Waals surface area contributed by atoms with Crippen molar-refractivity contribution in [1.29, 1.82) is 0 Å². The molecule has 6 rings (SSSR count). The van der Waals surface area contributed by atoms with Crippen LogP contribution in [0.1, 0.15) is 36.8 Å². The molecular formula is C30H28FN7. The summed E-state index contributed by atoms with van der Waals surface area (Å²) in [4.78, 5) is 9.71. The van der Waals surface area contributed by atoms with Gasteiger partial charge in [0.25, 0.3) is 5.95 Å². The van der Waals surface area contributed by atoms with Gasteiger partial charge < -0.3 is 0 Å². The molecule has 6 aromatic rings. The minimum atomic E-state index is -0.242. The van der Waals surface area contributed by atoms with Crippen molar-refractivity contribution in [3.8, 4) is 28.5 Å². The van der Waals surface area contributed by atoms with Crippen molar-refractivity contribution in [2.45, 2.75) is 33.7 Å². The predicted molar refractivity (Wildman–Crippen MR) is 146 cm³/mol. The van der Waals surface area contributed by atoms with E-state index in [1.54, 1.807) is 4.52 Å². The first-order chi connectivity index (χ1) is 18.4. The average Bonchev–Trinajstić information content (AvgIpc) is 3.63. The molecule has 0 saturated heterocycles. The van der Waals surface area contributed by atoms with Crippen molar-refractivity contribution in [2.75, 3.05) is 0 Å². The van der Waals surface area contributed by atoms with Crippen LogP contribution in [0.3, 0.4) is 0 Å². The number of rotatable bonds is 6. The van der Waals surface area contributed by atoms with Crippen LogP contribution in [0.15, 0.2) is 85.3 Å². The van der Waals surface area contributed by atoms with Crippen LogP contribution >= 0.6 is 0 Å². The largest absolute Gasteiger partial charge is 0.286 e. The first-order valence-corrected chi connectivity index (χ1v) is 12.7. The number of aryl methyl sites for hydroxylation is 2. The Morgan fingerprint density at radius 1 is 0.816 bits per heavy atom. The van der Waals surface area contributed by atoms with Gasteiger partial charge in [0.1, 0.15) is 5.82 Å². The number of nitrogens with zero attached hydrogens (tertiary/aromatic N) is 7. The number of hydrogen-bond acceptors (Lipinski definition) is 4. The highest BCUT2D eigenvalue weighted by Gasteiger charge is 2.20. The number of halogens is 1. The quantitative estimate of drug-likeness (QED) is 0.261. The molecule has 0 radical (unpaired) electrons. The van der Waals surface area contributed by atoms with Gasteiger partial charge in [-0.25, -0.2) is 13.9 Å². The van der Waals surface area contributed by atoms with Gasteiger partial charge in [0.2, 0.25) is 0 Å². The monoisotopic (exact) mass is 505 g/mol. The van der Waals surface area contributed by atoms with Crippen molar-refractivity contribution in [3.05, 3.63) is 108 Å². The summed E-state index contributed by atoms with van der Waals surface area (Å²) in [7, 11) is 0. The number of aromatic nitrogens is 7. The highest BCUT2D eigenvalue weighted by molar-refractivity contribution is 5.68. The smallest absolute Gasteiger partial charge is 0.254 e. The van der Waals surface area contributed by atoms with Crippen LogP contribution in [0.5, 0.6) is 0 Å². The standard InChI is InChI=1S/C30H28FN7/c1-19(2)29(22-10-12-25(31)13-11-22)37-18-24(17-32-37)27-7-5-6-26(33-27)23-14-15-36-28(16-23)34-30(35-36)38-20(3)8-9-21(38)4/h5-19,29H,1-4H3. The highest BCUT2D eigenvalue weighted by atomic mass is 19.1. The lowest BCUT2D eigenvalue weighted by atomic mass is 9.96. The van der Waals surface area contributed by atoms with Gasteiger partial charge in [-0.2, -0.15) is 10.1 Å². The maximum atomic E-state index is 13.5. The molecule has 0 fully saturated rings. The molecule has 38 heavy (non-hydrogen) atoms. The molecule has 1 unspecified atom stereocenters. The summed E-state index contributed by atoms with van der Waals surface area (Å²) >= 11 is 0. The minimum absolute atomic E-state index is 0.00959. The second-order valence-corrected chi connectivity index (χ2v) is 9.94. The first-order valence-electron chi connectivity index (χ1n) is 12.7. The van der Waals surface area contributed by atoms with E-state index in [1.165, 1.54) is 12.1 Å². The molecule has 1 aromatic carbocycles. The fraction of sp³-hybridized carbons (Fsp3) is 0.200. The minimum Gasteiger partial charge on any atom is -0.286 e. The van der Waals surface area contributed by atoms with Gasteiger partial charge in [0, 0.05) is 34.9 Å². The summed E-state index contributed by atoms with van der Waals surface area (Å²) in [5, 5.41) is 9.31. The summed E-state index contributed by atoms with van der Waals surface area (Å²) in [6.07, 6.45) is 5.76. The molecule has 0 aliphatic carbocycles. The third-order valence-electron chi connectivity index (χ3n) is 6.87. The Labute approximate surface area is 220 Å². The molecule has 0 bridgehead atoms. The van der Waals surface area contributed by atoms with Gasteiger partial charge in [-0.3, -0.25) is 9.25 Å².